The highest BCUT2D eigenvalue weighted by Crippen LogP contribution is 2.31. The van der Waals surface area contributed by atoms with Gasteiger partial charge in [0, 0.05) is 5.02 Å². The number of aliphatic hydroxyl groups is 1. The van der Waals surface area contributed by atoms with Crippen LogP contribution in [0.3, 0.4) is 0 Å². The average molecular weight is 276 g/mol. The molecule has 0 spiro atoms. The number of benzene rings is 2. The van der Waals surface area contributed by atoms with E-state index >= 15 is 0 Å². The van der Waals surface area contributed by atoms with E-state index in [2.05, 4.69) is 4.98 Å². The zero-order valence-electron chi connectivity index (χ0n) is 9.38. The topological polar surface area (TPSA) is 33.1 Å². The molecule has 0 aliphatic heterocycles. The van der Waals surface area contributed by atoms with Gasteiger partial charge in [-0.1, -0.05) is 41.9 Å². The number of halogens is 1. The lowest BCUT2D eigenvalue weighted by Gasteiger charge is -2.06. The van der Waals surface area contributed by atoms with Crippen LogP contribution < -0.4 is 0 Å². The lowest BCUT2D eigenvalue weighted by Crippen LogP contribution is -1.97. The summed E-state index contributed by atoms with van der Waals surface area (Å²) in [6.45, 7) is 0. The minimum absolute atomic E-state index is 0.661. The Hall–Kier alpha value is -1.42. The molecule has 90 valence electrons. The molecule has 18 heavy (non-hydrogen) atoms. The summed E-state index contributed by atoms with van der Waals surface area (Å²) in [6.07, 6.45) is -0.678. The first-order chi connectivity index (χ1) is 8.74. The summed E-state index contributed by atoms with van der Waals surface area (Å²) in [4.78, 5) is 4.43. The number of thiazole rings is 1. The smallest absolute Gasteiger partial charge is 0.131 e. The molecule has 1 unspecified atom stereocenters. The van der Waals surface area contributed by atoms with Gasteiger partial charge >= 0.3 is 0 Å². The first-order valence-electron chi connectivity index (χ1n) is 5.53. The minimum Gasteiger partial charge on any atom is -0.381 e. The molecule has 2 aromatic carbocycles. The maximum absolute atomic E-state index is 10.3. The van der Waals surface area contributed by atoms with Gasteiger partial charge in [-0.15, -0.1) is 11.3 Å². The predicted octanol–water partition coefficient (Wildman–Crippen LogP) is 4.03. The predicted molar refractivity (Wildman–Crippen MR) is 75.1 cm³/mol. The van der Waals surface area contributed by atoms with Crippen molar-refractivity contribution < 1.29 is 5.11 Å². The van der Waals surface area contributed by atoms with Gasteiger partial charge in [0.1, 0.15) is 11.1 Å². The molecule has 0 amide bonds. The summed E-state index contributed by atoms with van der Waals surface area (Å²) < 4.78 is 1.03. The normalized spacial score (nSPS) is 12.8. The molecule has 1 heterocycles. The number of fused-ring (bicyclic) bond motifs is 1. The zero-order valence-corrected chi connectivity index (χ0v) is 10.9. The fourth-order valence-corrected chi connectivity index (χ4v) is 2.94. The summed E-state index contributed by atoms with van der Waals surface area (Å²) >= 11 is 7.42. The van der Waals surface area contributed by atoms with Gasteiger partial charge in [-0.05, 0) is 23.8 Å². The summed E-state index contributed by atoms with van der Waals surface area (Å²) in [7, 11) is 0. The van der Waals surface area contributed by atoms with Crippen molar-refractivity contribution in [3.05, 3.63) is 64.1 Å². The van der Waals surface area contributed by atoms with Crippen molar-refractivity contribution in [1.29, 1.82) is 0 Å². The number of hydrogen-bond acceptors (Lipinski definition) is 3. The monoisotopic (exact) mass is 275 g/mol. The molecule has 1 atom stereocenters. The van der Waals surface area contributed by atoms with E-state index in [9.17, 15) is 5.11 Å². The molecule has 0 radical (unpaired) electrons. The van der Waals surface area contributed by atoms with E-state index in [1.165, 1.54) is 11.3 Å². The van der Waals surface area contributed by atoms with Gasteiger partial charge in [0.15, 0.2) is 0 Å². The van der Waals surface area contributed by atoms with Crippen molar-refractivity contribution in [3.8, 4) is 0 Å². The number of hydrogen-bond donors (Lipinski definition) is 1. The van der Waals surface area contributed by atoms with Crippen molar-refractivity contribution in [2.24, 2.45) is 0 Å². The molecule has 2 nitrogen and oxygen atoms in total. The van der Waals surface area contributed by atoms with Gasteiger partial charge in [0.05, 0.1) is 10.2 Å². The number of aliphatic hydroxyl groups excluding tert-OH is 1. The SMILES string of the molecule is OC(c1ccccc1)c1nc2cc(Cl)ccc2s1. The van der Waals surface area contributed by atoms with E-state index in [1.54, 1.807) is 0 Å². The third-order valence-electron chi connectivity index (χ3n) is 2.72. The Bertz CT molecular complexity index is 681. The van der Waals surface area contributed by atoms with E-state index < -0.39 is 6.10 Å². The molecule has 0 saturated heterocycles. The van der Waals surface area contributed by atoms with Crippen LogP contribution in [-0.4, -0.2) is 10.1 Å². The molecule has 1 N–H and O–H groups in total. The molecule has 3 rings (SSSR count). The van der Waals surface area contributed by atoms with Crippen molar-refractivity contribution >= 4 is 33.2 Å². The van der Waals surface area contributed by atoms with Crippen LogP contribution in [0.2, 0.25) is 5.02 Å². The number of aromatic nitrogens is 1. The highest BCUT2D eigenvalue weighted by atomic mass is 35.5. The molecule has 0 aliphatic rings. The molecule has 0 saturated carbocycles. The second-order valence-electron chi connectivity index (χ2n) is 3.98. The number of rotatable bonds is 2. The van der Waals surface area contributed by atoms with E-state index in [0.717, 1.165) is 15.8 Å². The zero-order chi connectivity index (χ0) is 12.5. The Morgan fingerprint density at radius 1 is 1.11 bits per heavy atom. The highest BCUT2D eigenvalue weighted by Gasteiger charge is 2.15. The van der Waals surface area contributed by atoms with E-state index in [4.69, 9.17) is 11.6 Å². The van der Waals surface area contributed by atoms with Crippen molar-refractivity contribution in [2.75, 3.05) is 0 Å². The first kappa shape index (κ1) is 11.7. The molecule has 0 fully saturated rings. The second kappa shape index (κ2) is 4.69. The summed E-state index contributed by atoms with van der Waals surface area (Å²) in [5.41, 5.74) is 1.68. The maximum atomic E-state index is 10.3. The van der Waals surface area contributed by atoms with Crippen LogP contribution in [0.1, 0.15) is 16.7 Å². The van der Waals surface area contributed by atoms with Crippen LogP contribution in [0.25, 0.3) is 10.2 Å². The summed E-state index contributed by atoms with van der Waals surface area (Å²) in [5.74, 6) is 0. The Morgan fingerprint density at radius 2 is 1.89 bits per heavy atom. The quantitative estimate of drug-likeness (QED) is 0.766. The molecular weight excluding hydrogens is 266 g/mol. The first-order valence-corrected chi connectivity index (χ1v) is 6.72. The molecule has 1 aromatic heterocycles. The molecule has 0 aliphatic carbocycles. The van der Waals surface area contributed by atoms with Crippen LogP contribution >= 0.6 is 22.9 Å². The third-order valence-corrected chi connectivity index (χ3v) is 4.04. The summed E-state index contributed by atoms with van der Waals surface area (Å²) in [6, 6.07) is 15.1. The standard InChI is InChI=1S/C14H10ClNOS/c15-10-6-7-12-11(8-10)16-14(18-12)13(17)9-4-2-1-3-5-9/h1-8,13,17H. The van der Waals surface area contributed by atoms with Crippen molar-refractivity contribution in [1.82, 2.24) is 4.98 Å². The van der Waals surface area contributed by atoms with Gasteiger partial charge in [0.2, 0.25) is 0 Å². The lowest BCUT2D eigenvalue weighted by molar-refractivity contribution is 0.220. The van der Waals surface area contributed by atoms with Crippen LogP contribution in [0.15, 0.2) is 48.5 Å². The van der Waals surface area contributed by atoms with Crippen LogP contribution in [0.5, 0.6) is 0 Å². The second-order valence-corrected chi connectivity index (χ2v) is 5.48. The average Bonchev–Trinajstić information content (AvgIpc) is 2.81. The van der Waals surface area contributed by atoms with Gasteiger partial charge in [-0.2, -0.15) is 0 Å². The van der Waals surface area contributed by atoms with E-state index in [1.807, 2.05) is 48.5 Å². The van der Waals surface area contributed by atoms with Gasteiger partial charge in [-0.25, -0.2) is 4.98 Å². The van der Waals surface area contributed by atoms with Gasteiger partial charge in [-0.3, -0.25) is 0 Å². The largest absolute Gasteiger partial charge is 0.381 e. The van der Waals surface area contributed by atoms with Crippen molar-refractivity contribution in [2.45, 2.75) is 6.10 Å². The number of nitrogens with zero attached hydrogens (tertiary/aromatic N) is 1. The van der Waals surface area contributed by atoms with Crippen LogP contribution in [-0.2, 0) is 0 Å². The summed E-state index contributed by atoms with van der Waals surface area (Å²) in [5, 5.41) is 11.6. The molecule has 3 aromatic rings. The Labute approximate surface area is 113 Å². The molecule has 4 heteroatoms. The highest BCUT2D eigenvalue weighted by molar-refractivity contribution is 7.18. The lowest BCUT2D eigenvalue weighted by atomic mass is 10.1. The fourth-order valence-electron chi connectivity index (χ4n) is 1.81. The van der Waals surface area contributed by atoms with Crippen molar-refractivity contribution in [3.63, 3.8) is 0 Å². The maximum Gasteiger partial charge on any atom is 0.131 e. The fraction of sp³-hybridized carbons (Fsp3) is 0.0714. The van der Waals surface area contributed by atoms with E-state index in [-0.39, 0.29) is 0 Å². The van der Waals surface area contributed by atoms with Gasteiger partial charge in [0.25, 0.3) is 0 Å². The Kier molecular flexibility index (Phi) is 3.04. The Morgan fingerprint density at radius 3 is 2.67 bits per heavy atom. The van der Waals surface area contributed by atoms with E-state index in [0.29, 0.717) is 10.0 Å². The van der Waals surface area contributed by atoms with Gasteiger partial charge < -0.3 is 5.11 Å². The third kappa shape index (κ3) is 2.12. The Balaban J connectivity index is 2.04. The van der Waals surface area contributed by atoms with Crippen LogP contribution in [0, 0.1) is 0 Å². The molecular formula is C14H10ClNOS. The minimum atomic E-state index is -0.678. The molecule has 0 bridgehead atoms. The van der Waals surface area contributed by atoms with Crippen LogP contribution in [0.4, 0.5) is 0 Å².